The molecule has 4 rings (SSSR count). The number of aromatic nitrogens is 2. The Morgan fingerprint density at radius 3 is 3.00 bits per heavy atom. The molecule has 1 aromatic carbocycles. The molecule has 2 aromatic rings. The maximum absolute atomic E-state index is 12.2. The summed E-state index contributed by atoms with van der Waals surface area (Å²) in [5.74, 6) is 1.35. The van der Waals surface area contributed by atoms with Crippen LogP contribution in [0.3, 0.4) is 0 Å². The Bertz CT molecular complexity index is 928. The van der Waals surface area contributed by atoms with E-state index in [1.807, 2.05) is 19.1 Å². The van der Waals surface area contributed by atoms with Gasteiger partial charge in [0, 0.05) is 31.1 Å². The molecular weight excluding hydrogens is 356 g/mol. The molecule has 1 fully saturated rings. The molecule has 28 heavy (non-hydrogen) atoms. The maximum Gasteiger partial charge on any atom is 0.337 e. The fourth-order valence-electron chi connectivity index (χ4n) is 4.12. The Hall–Kier alpha value is -2.96. The first-order valence-electron chi connectivity index (χ1n) is 9.65. The van der Waals surface area contributed by atoms with Gasteiger partial charge in [0.2, 0.25) is 0 Å². The van der Waals surface area contributed by atoms with Crippen LogP contribution in [0, 0.1) is 6.92 Å². The lowest BCUT2D eigenvalue weighted by Gasteiger charge is -2.36. The van der Waals surface area contributed by atoms with Gasteiger partial charge in [-0.2, -0.15) is 0 Å². The first kappa shape index (κ1) is 18.4. The first-order valence-corrected chi connectivity index (χ1v) is 9.65. The van der Waals surface area contributed by atoms with E-state index in [1.54, 1.807) is 6.07 Å². The zero-order valence-electron chi connectivity index (χ0n) is 16.2. The molecule has 1 unspecified atom stereocenters. The third-order valence-electron chi connectivity index (χ3n) is 5.47. The third kappa shape index (κ3) is 3.44. The van der Waals surface area contributed by atoms with Crippen LogP contribution in [0.5, 0.6) is 0 Å². The number of ether oxygens (including phenoxy) is 1. The highest BCUT2D eigenvalue weighted by atomic mass is 16.5. The quantitative estimate of drug-likeness (QED) is 0.822. The number of hydrogen-bond acceptors (Lipinski definition) is 6. The van der Waals surface area contributed by atoms with Crippen LogP contribution < -0.4 is 10.2 Å². The van der Waals surface area contributed by atoms with Crippen LogP contribution in [0.15, 0.2) is 24.3 Å². The van der Waals surface area contributed by atoms with E-state index < -0.39 is 0 Å². The van der Waals surface area contributed by atoms with E-state index in [4.69, 9.17) is 9.72 Å². The van der Waals surface area contributed by atoms with Gasteiger partial charge >= 0.3 is 5.97 Å². The molecule has 0 bridgehead atoms. The molecule has 0 spiro atoms. The topological polar surface area (TPSA) is 84.4 Å². The number of carbonyl (C=O) groups excluding carboxylic acids is 2. The van der Waals surface area contributed by atoms with Crippen LogP contribution in [-0.2, 0) is 11.2 Å². The van der Waals surface area contributed by atoms with Crippen molar-refractivity contribution in [2.45, 2.75) is 32.1 Å². The number of nitrogens with zero attached hydrogens (tertiary/aromatic N) is 3. The van der Waals surface area contributed by atoms with Crippen LogP contribution in [0.1, 0.15) is 56.6 Å². The molecule has 1 atom stereocenters. The molecular formula is C21H24N4O3. The van der Waals surface area contributed by atoms with Crippen LogP contribution in [-0.4, -0.2) is 48.6 Å². The van der Waals surface area contributed by atoms with Gasteiger partial charge in [0.15, 0.2) is 0 Å². The Morgan fingerprint density at radius 2 is 2.18 bits per heavy atom. The van der Waals surface area contributed by atoms with Crippen LogP contribution in [0.2, 0.25) is 0 Å². The summed E-state index contributed by atoms with van der Waals surface area (Å²) in [7, 11) is 1.40. The van der Waals surface area contributed by atoms with Crippen molar-refractivity contribution in [2.75, 3.05) is 31.6 Å². The van der Waals surface area contributed by atoms with Gasteiger partial charge in [-0.3, -0.25) is 4.79 Å². The minimum atomic E-state index is -0.318. The summed E-state index contributed by atoms with van der Waals surface area (Å²) in [4.78, 5) is 35.4. The maximum atomic E-state index is 12.2. The number of methoxy groups -OCH3 is 1. The van der Waals surface area contributed by atoms with Gasteiger partial charge in [-0.05, 0) is 43.9 Å². The Morgan fingerprint density at radius 1 is 1.32 bits per heavy atom. The normalized spacial score (nSPS) is 19.0. The number of hydrogen-bond donors (Lipinski definition) is 1. The number of fused-ring (bicyclic) bond motifs is 1. The minimum absolute atomic E-state index is 0.118. The Labute approximate surface area is 164 Å². The van der Waals surface area contributed by atoms with Crippen molar-refractivity contribution in [3.8, 4) is 0 Å². The molecule has 1 aromatic heterocycles. The summed E-state index contributed by atoms with van der Waals surface area (Å²) < 4.78 is 4.85. The van der Waals surface area contributed by atoms with Gasteiger partial charge in [0.1, 0.15) is 17.3 Å². The van der Waals surface area contributed by atoms with E-state index in [1.165, 1.54) is 7.11 Å². The summed E-state index contributed by atoms with van der Waals surface area (Å²) in [6.45, 7) is 4.14. The van der Waals surface area contributed by atoms with E-state index in [0.717, 1.165) is 49.3 Å². The lowest BCUT2D eigenvalue weighted by Crippen LogP contribution is -2.39. The smallest absolute Gasteiger partial charge is 0.337 e. The van der Waals surface area contributed by atoms with Crippen molar-refractivity contribution in [1.29, 1.82) is 0 Å². The summed E-state index contributed by atoms with van der Waals surface area (Å²) >= 11 is 0. The summed E-state index contributed by atoms with van der Waals surface area (Å²) in [6.07, 6.45) is 2.82. The first-order chi connectivity index (χ1) is 13.6. The molecule has 2 aliphatic heterocycles. The highest BCUT2D eigenvalue weighted by Gasteiger charge is 2.29. The van der Waals surface area contributed by atoms with E-state index in [9.17, 15) is 9.59 Å². The highest BCUT2D eigenvalue weighted by Crippen LogP contribution is 2.32. The van der Waals surface area contributed by atoms with Crippen LogP contribution in [0.4, 0.5) is 5.82 Å². The van der Waals surface area contributed by atoms with Crippen molar-refractivity contribution in [2.24, 2.45) is 0 Å². The predicted octanol–water partition coefficient (Wildman–Crippen LogP) is 2.24. The number of carbonyl (C=O) groups is 2. The van der Waals surface area contributed by atoms with E-state index >= 15 is 0 Å². The Balaban J connectivity index is 1.64. The largest absolute Gasteiger partial charge is 0.465 e. The fourth-order valence-corrected chi connectivity index (χ4v) is 4.12. The zero-order chi connectivity index (χ0) is 19.7. The van der Waals surface area contributed by atoms with Crippen molar-refractivity contribution in [3.05, 3.63) is 52.5 Å². The fraction of sp³-hybridized carbons (Fsp3) is 0.429. The number of rotatable bonds is 3. The molecule has 3 heterocycles. The summed E-state index contributed by atoms with van der Waals surface area (Å²) in [5, 5.41) is 2.86. The van der Waals surface area contributed by atoms with Crippen molar-refractivity contribution in [1.82, 2.24) is 15.3 Å². The molecule has 0 saturated carbocycles. The molecule has 0 radical (unpaired) electrons. The minimum Gasteiger partial charge on any atom is -0.465 e. The van der Waals surface area contributed by atoms with Gasteiger partial charge in [0.05, 0.1) is 12.7 Å². The molecule has 1 N–H and O–H groups in total. The van der Waals surface area contributed by atoms with Crippen LogP contribution >= 0.6 is 0 Å². The van der Waals surface area contributed by atoms with Gasteiger partial charge in [-0.15, -0.1) is 0 Å². The van der Waals surface area contributed by atoms with Crippen molar-refractivity contribution < 1.29 is 14.3 Å². The number of esters is 1. The van der Waals surface area contributed by atoms with Crippen molar-refractivity contribution in [3.63, 3.8) is 0 Å². The standard InChI is InChI=1S/C21H24N4O3/c1-13-23-18-17(8-9-22-20(18)26)19(24-13)25-10-4-7-16(12-25)14-5-3-6-15(11-14)21(27)28-2/h3,5-6,11,16H,4,7-10,12H2,1-2H3,(H,22,26). The summed E-state index contributed by atoms with van der Waals surface area (Å²) in [6, 6.07) is 7.67. The lowest BCUT2D eigenvalue weighted by molar-refractivity contribution is 0.0600. The number of benzene rings is 1. The van der Waals surface area contributed by atoms with Gasteiger partial charge in [0.25, 0.3) is 5.91 Å². The van der Waals surface area contributed by atoms with Gasteiger partial charge in [-0.25, -0.2) is 14.8 Å². The van der Waals surface area contributed by atoms with E-state index in [-0.39, 0.29) is 11.9 Å². The average molecular weight is 380 g/mol. The number of aryl methyl sites for hydroxylation is 1. The average Bonchev–Trinajstić information content (AvgIpc) is 2.73. The second kappa shape index (κ2) is 7.58. The molecule has 2 aliphatic rings. The van der Waals surface area contributed by atoms with Gasteiger partial charge < -0.3 is 15.0 Å². The number of amides is 1. The van der Waals surface area contributed by atoms with Gasteiger partial charge in [-0.1, -0.05) is 12.1 Å². The zero-order valence-corrected chi connectivity index (χ0v) is 16.2. The molecule has 7 heteroatoms. The molecule has 1 amide bonds. The van der Waals surface area contributed by atoms with Crippen LogP contribution in [0.25, 0.3) is 0 Å². The SMILES string of the molecule is COC(=O)c1cccc(C2CCCN(c3nc(C)nc4c3CCNC4=O)C2)c1. The molecule has 0 aliphatic carbocycles. The monoisotopic (exact) mass is 380 g/mol. The number of nitrogens with one attached hydrogen (secondary N) is 1. The Kier molecular flexibility index (Phi) is 4.98. The molecule has 7 nitrogen and oxygen atoms in total. The second-order valence-corrected chi connectivity index (χ2v) is 7.33. The number of anilines is 1. The lowest BCUT2D eigenvalue weighted by atomic mass is 9.89. The molecule has 1 saturated heterocycles. The van der Waals surface area contributed by atoms with E-state index in [2.05, 4.69) is 21.3 Å². The second-order valence-electron chi connectivity index (χ2n) is 7.33. The predicted molar refractivity (Wildman–Crippen MR) is 105 cm³/mol. The molecule has 146 valence electrons. The van der Waals surface area contributed by atoms with Crippen molar-refractivity contribution >= 4 is 17.7 Å². The third-order valence-corrected chi connectivity index (χ3v) is 5.47. The highest BCUT2D eigenvalue weighted by molar-refractivity contribution is 5.96. The van der Waals surface area contributed by atoms with E-state index in [0.29, 0.717) is 29.5 Å². The summed E-state index contributed by atoms with van der Waals surface area (Å²) in [5.41, 5.74) is 3.15. The number of piperidine rings is 1.